The Morgan fingerprint density at radius 2 is 2.33 bits per heavy atom. The quantitative estimate of drug-likeness (QED) is 0.769. The van der Waals surface area contributed by atoms with Crippen LogP contribution in [0.3, 0.4) is 0 Å². The third-order valence-electron chi connectivity index (χ3n) is 3.28. The molecule has 0 radical (unpaired) electrons. The van der Waals surface area contributed by atoms with Crippen LogP contribution in [0.2, 0.25) is 0 Å². The lowest BCUT2D eigenvalue weighted by atomic mass is 10.2. The maximum Gasteiger partial charge on any atom is 0.208 e. The van der Waals surface area contributed by atoms with E-state index in [-0.39, 0.29) is 6.61 Å². The Morgan fingerprint density at radius 3 is 3.10 bits per heavy atom. The van der Waals surface area contributed by atoms with Gasteiger partial charge in [-0.05, 0) is 37.5 Å². The van der Waals surface area contributed by atoms with Gasteiger partial charge in [0.25, 0.3) is 0 Å². The Bertz CT molecular complexity index is 598. The van der Waals surface area contributed by atoms with E-state index in [9.17, 15) is 5.11 Å². The van der Waals surface area contributed by atoms with Crippen LogP contribution in [0.1, 0.15) is 30.1 Å². The summed E-state index contributed by atoms with van der Waals surface area (Å²) in [4.78, 5) is 4.42. The number of nitrogens with zero attached hydrogens (tertiary/aromatic N) is 2. The van der Waals surface area contributed by atoms with Gasteiger partial charge in [-0.1, -0.05) is 23.9 Å². The van der Waals surface area contributed by atoms with Gasteiger partial charge in [0.1, 0.15) is 18.2 Å². The van der Waals surface area contributed by atoms with Crippen molar-refractivity contribution in [3.63, 3.8) is 0 Å². The van der Waals surface area contributed by atoms with Gasteiger partial charge < -0.3 is 9.84 Å². The van der Waals surface area contributed by atoms with Crippen molar-refractivity contribution in [2.45, 2.75) is 36.9 Å². The van der Waals surface area contributed by atoms with Gasteiger partial charge >= 0.3 is 0 Å². The van der Waals surface area contributed by atoms with Gasteiger partial charge in [-0.25, -0.2) is 4.98 Å². The molecular weight excluding hydrogens is 286 g/mol. The lowest BCUT2D eigenvalue weighted by molar-refractivity contribution is 0.126. The van der Waals surface area contributed by atoms with Gasteiger partial charge in [-0.3, -0.25) is 5.10 Å². The third-order valence-corrected chi connectivity index (χ3v) is 4.28. The highest BCUT2D eigenvalue weighted by Crippen LogP contribution is 2.38. The molecule has 0 amide bonds. The van der Waals surface area contributed by atoms with Gasteiger partial charge in [-0.15, -0.1) is 5.10 Å². The molecule has 1 heterocycles. The zero-order valence-electron chi connectivity index (χ0n) is 12.0. The molecule has 1 aliphatic carbocycles. The molecule has 1 aromatic heterocycles. The number of hydrogen-bond donors (Lipinski definition) is 2. The number of nitrogens with one attached hydrogen (secondary N) is 1. The van der Waals surface area contributed by atoms with Crippen molar-refractivity contribution in [1.82, 2.24) is 15.2 Å². The van der Waals surface area contributed by atoms with E-state index in [1.165, 1.54) is 24.6 Å². The summed E-state index contributed by atoms with van der Waals surface area (Å²) in [5, 5.41) is 17.8. The fraction of sp³-hybridized carbons (Fsp3) is 0.467. The summed E-state index contributed by atoms with van der Waals surface area (Å²) in [6, 6.07) is 7.81. The number of aliphatic hydroxyl groups is 1. The number of aromatic amines is 1. The van der Waals surface area contributed by atoms with E-state index in [0.29, 0.717) is 16.8 Å². The first-order valence-corrected chi connectivity index (χ1v) is 8.12. The van der Waals surface area contributed by atoms with E-state index >= 15 is 0 Å². The van der Waals surface area contributed by atoms with Crippen LogP contribution in [0.4, 0.5) is 0 Å². The molecule has 1 atom stereocenters. The number of aryl methyl sites for hydroxylation is 1. The van der Waals surface area contributed by atoms with Gasteiger partial charge in [0.05, 0.1) is 6.10 Å². The lowest BCUT2D eigenvalue weighted by Crippen LogP contribution is -2.20. The minimum absolute atomic E-state index is 0.274. The van der Waals surface area contributed by atoms with E-state index in [1.54, 1.807) is 0 Å². The first-order chi connectivity index (χ1) is 10.2. The largest absolute Gasteiger partial charge is 0.491 e. The number of H-pyrrole nitrogens is 1. The molecule has 0 bridgehead atoms. The standard InChI is InChI=1S/C15H19N3O2S/c1-10-3-2-4-13(7-10)20-8-12(19)9-21-15-16-14(17-18-15)11-5-6-11/h2-4,7,11-12,19H,5-6,8-9H2,1H3,(H,16,17,18). The number of ether oxygens (including phenoxy) is 1. The van der Waals surface area contributed by atoms with Crippen LogP contribution in [0.15, 0.2) is 29.4 Å². The maximum absolute atomic E-state index is 9.96. The number of aliphatic hydroxyl groups excluding tert-OH is 1. The molecule has 1 fully saturated rings. The van der Waals surface area contributed by atoms with Crippen LogP contribution in [0.5, 0.6) is 5.75 Å². The van der Waals surface area contributed by atoms with Gasteiger partial charge in [0.15, 0.2) is 0 Å². The van der Waals surface area contributed by atoms with E-state index in [1.807, 2.05) is 31.2 Å². The number of hydrogen-bond acceptors (Lipinski definition) is 5. The second kappa shape index (κ2) is 6.49. The smallest absolute Gasteiger partial charge is 0.208 e. The van der Waals surface area contributed by atoms with Crippen molar-refractivity contribution in [1.29, 1.82) is 0 Å². The average Bonchev–Trinajstić information content (AvgIpc) is 3.22. The Kier molecular flexibility index (Phi) is 4.45. The minimum atomic E-state index is -0.543. The number of thioether (sulfide) groups is 1. The Morgan fingerprint density at radius 1 is 1.48 bits per heavy atom. The number of aromatic nitrogens is 3. The predicted octanol–water partition coefficient (Wildman–Crippen LogP) is 2.52. The predicted molar refractivity (Wildman–Crippen MR) is 81.8 cm³/mol. The highest BCUT2D eigenvalue weighted by molar-refractivity contribution is 7.99. The highest BCUT2D eigenvalue weighted by Gasteiger charge is 2.27. The average molecular weight is 305 g/mol. The molecule has 5 nitrogen and oxygen atoms in total. The summed E-state index contributed by atoms with van der Waals surface area (Å²) >= 11 is 1.45. The monoisotopic (exact) mass is 305 g/mol. The van der Waals surface area contributed by atoms with E-state index in [0.717, 1.165) is 17.1 Å². The molecule has 0 saturated heterocycles. The Labute approximate surface area is 128 Å². The molecule has 1 unspecified atom stereocenters. The van der Waals surface area contributed by atoms with Gasteiger partial charge in [0, 0.05) is 11.7 Å². The normalized spacial score (nSPS) is 15.9. The highest BCUT2D eigenvalue weighted by atomic mass is 32.2. The topological polar surface area (TPSA) is 71.0 Å². The summed E-state index contributed by atoms with van der Waals surface area (Å²) in [6.07, 6.45) is 1.86. The van der Waals surface area contributed by atoms with Gasteiger partial charge in [0.2, 0.25) is 5.16 Å². The molecule has 3 rings (SSSR count). The molecule has 1 aliphatic rings. The molecule has 2 aromatic rings. The SMILES string of the molecule is Cc1cccc(OCC(O)CSc2n[nH]c(C3CC3)n2)c1. The molecule has 2 N–H and O–H groups in total. The van der Waals surface area contributed by atoms with E-state index in [4.69, 9.17) is 4.74 Å². The van der Waals surface area contributed by atoms with E-state index in [2.05, 4.69) is 15.2 Å². The molecule has 1 aromatic carbocycles. The van der Waals surface area contributed by atoms with Crippen LogP contribution in [0.25, 0.3) is 0 Å². The van der Waals surface area contributed by atoms with Crippen LogP contribution < -0.4 is 4.74 Å². The first-order valence-electron chi connectivity index (χ1n) is 7.13. The van der Waals surface area contributed by atoms with Crippen molar-refractivity contribution in [2.75, 3.05) is 12.4 Å². The van der Waals surface area contributed by atoms with Crippen molar-refractivity contribution in [3.05, 3.63) is 35.7 Å². The van der Waals surface area contributed by atoms with Gasteiger partial charge in [-0.2, -0.15) is 0 Å². The van der Waals surface area contributed by atoms with Crippen molar-refractivity contribution in [3.8, 4) is 5.75 Å². The fourth-order valence-electron chi connectivity index (χ4n) is 1.98. The lowest BCUT2D eigenvalue weighted by Gasteiger charge is -2.11. The molecule has 112 valence electrons. The van der Waals surface area contributed by atoms with Crippen LogP contribution in [-0.4, -0.2) is 38.8 Å². The molecule has 0 aliphatic heterocycles. The summed E-state index contributed by atoms with van der Waals surface area (Å²) in [7, 11) is 0. The second-order valence-electron chi connectivity index (χ2n) is 5.37. The number of rotatable bonds is 7. The van der Waals surface area contributed by atoms with Crippen LogP contribution >= 0.6 is 11.8 Å². The first kappa shape index (κ1) is 14.4. The van der Waals surface area contributed by atoms with Crippen molar-refractivity contribution >= 4 is 11.8 Å². The minimum Gasteiger partial charge on any atom is -0.491 e. The maximum atomic E-state index is 9.96. The summed E-state index contributed by atoms with van der Waals surface area (Å²) in [5.41, 5.74) is 1.14. The zero-order valence-corrected chi connectivity index (χ0v) is 12.8. The van der Waals surface area contributed by atoms with Crippen molar-refractivity contribution < 1.29 is 9.84 Å². The van der Waals surface area contributed by atoms with Crippen LogP contribution in [-0.2, 0) is 0 Å². The van der Waals surface area contributed by atoms with Crippen molar-refractivity contribution in [2.24, 2.45) is 0 Å². The zero-order chi connectivity index (χ0) is 14.7. The molecule has 6 heteroatoms. The molecular formula is C15H19N3O2S. The summed E-state index contributed by atoms with van der Waals surface area (Å²) in [6.45, 7) is 2.29. The van der Waals surface area contributed by atoms with Crippen LogP contribution in [0, 0.1) is 6.92 Å². The molecule has 21 heavy (non-hydrogen) atoms. The van der Waals surface area contributed by atoms with E-state index < -0.39 is 6.10 Å². The Balaban J connectivity index is 1.42. The molecule has 0 spiro atoms. The summed E-state index contributed by atoms with van der Waals surface area (Å²) < 4.78 is 5.58. The molecule has 1 saturated carbocycles. The Hall–Kier alpha value is -1.53. The second-order valence-corrected chi connectivity index (χ2v) is 6.36. The number of benzene rings is 1. The third kappa shape index (κ3) is 4.22. The fourth-order valence-corrected chi connectivity index (χ4v) is 2.69. The summed E-state index contributed by atoms with van der Waals surface area (Å²) in [5.74, 6) is 2.85.